The quantitative estimate of drug-likeness (QED) is 0.612. The van der Waals surface area contributed by atoms with Crippen molar-refractivity contribution in [1.82, 2.24) is 20.1 Å². The molecule has 0 spiro atoms. The maximum Gasteiger partial charge on any atom is 0.322 e. The minimum absolute atomic E-state index is 0.299. The lowest BCUT2D eigenvalue weighted by Crippen LogP contribution is -2.54. The van der Waals surface area contributed by atoms with E-state index in [-0.39, 0.29) is 12.1 Å². The fraction of sp³-hybridized carbons (Fsp3) is 0.350. The van der Waals surface area contributed by atoms with Crippen molar-refractivity contribution >= 4 is 28.6 Å². The molecule has 1 aromatic carbocycles. The molecule has 156 valence electrons. The summed E-state index contributed by atoms with van der Waals surface area (Å²) in [6.07, 6.45) is 2.53. The van der Waals surface area contributed by atoms with Crippen LogP contribution in [-0.2, 0) is 0 Å². The maximum absolute atomic E-state index is 14.4. The maximum atomic E-state index is 14.4. The summed E-state index contributed by atoms with van der Waals surface area (Å²) in [4.78, 5) is 20.0. The molecule has 8 nitrogen and oxygen atoms in total. The van der Waals surface area contributed by atoms with Gasteiger partial charge in [-0.3, -0.25) is 5.10 Å². The van der Waals surface area contributed by atoms with Gasteiger partial charge in [0.05, 0.1) is 42.5 Å². The van der Waals surface area contributed by atoms with Gasteiger partial charge in [0.25, 0.3) is 0 Å². The molecule has 2 aliphatic rings. The van der Waals surface area contributed by atoms with E-state index in [1.54, 1.807) is 6.07 Å². The number of β-amino-alcohol motifs (C(OH)–C–C–N with tert-alkyl or cyclic N) is 1. The molecule has 3 N–H and O–H groups in total. The number of pyridine rings is 1. The monoisotopic (exact) mass is 414 g/mol. The highest BCUT2D eigenvalue weighted by atomic mass is 19.1. The first-order chi connectivity index (χ1) is 14.5. The van der Waals surface area contributed by atoms with Crippen LogP contribution in [0.25, 0.3) is 11.0 Å². The second-order valence-electron chi connectivity index (χ2n) is 7.67. The lowest BCUT2D eigenvalue weighted by Gasteiger charge is -2.35. The molecule has 10 heteroatoms. The second-order valence-corrected chi connectivity index (χ2v) is 7.67. The van der Waals surface area contributed by atoms with Crippen LogP contribution in [0.4, 0.5) is 25.1 Å². The predicted octanol–water partition coefficient (Wildman–Crippen LogP) is 2.79. The molecule has 0 aliphatic carbocycles. The Labute approximate surface area is 170 Å². The number of hydrogen-bond acceptors (Lipinski definition) is 5. The van der Waals surface area contributed by atoms with Crippen molar-refractivity contribution in [3.63, 3.8) is 0 Å². The first-order valence-corrected chi connectivity index (χ1v) is 9.79. The molecule has 0 unspecified atom stereocenters. The third kappa shape index (κ3) is 3.22. The minimum Gasteiger partial charge on any atom is -0.389 e. The van der Waals surface area contributed by atoms with Gasteiger partial charge in [-0.05, 0) is 37.1 Å². The molecule has 0 radical (unpaired) electrons. The van der Waals surface area contributed by atoms with Crippen LogP contribution in [0.3, 0.4) is 0 Å². The number of anilines is 2. The zero-order valence-corrected chi connectivity index (χ0v) is 16.0. The van der Waals surface area contributed by atoms with Crippen molar-refractivity contribution < 1.29 is 18.7 Å². The smallest absolute Gasteiger partial charge is 0.322 e. The molecule has 2 saturated heterocycles. The van der Waals surface area contributed by atoms with Crippen molar-refractivity contribution in [2.24, 2.45) is 0 Å². The van der Waals surface area contributed by atoms with Gasteiger partial charge in [-0.1, -0.05) is 0 Å². The van der Waals surface area contributed by atoms with E-state index in [1.165, 1.54) is 17.2 Å². The summed E-state index contributed by atoms with van der Waals surface area (Å²) < 4.78 is 28.1. The summed E-state index contributed by atoms with van der Waals surface area (Å²) in [6, 6.07) is 4.59. The number of likely N-dealkylation sites (tertiary alicyclic amines) is 1. The number of benzene rings is 1. The molecule has 30 heavy (non-hydrogen) atoms. The second kappa shape index (κ2) is 7.21. The number of carbonyl (C=O) groups is 1. The zero-order valence-electron chi connectivity index (χ0n) is 16.0. The minimum atomic E-state index is -0.479. The Morgan fingerprint density at radius 3 is 2.90 bits per heavy atom. The van der Waals surface area contributed by atoms with Gasteiger partial charge in [0.1, 0.15) is 11.6 Å². The third-order valence-corrected chi connectivity index (χ3v) is 5.64. The Hall–Kier alpha value is -3.27. The number of nitrogens with one attached hydrogen (secondary N) is 2. The largest absolute Gasteiger partial charge is 0.389 e. The van der Waals surface area contributed by atoms with Crippen LogP contribution in [-0.4, -0.2) is 57.0 Å². The number of H-pyrrole nitrogens is 1. The van der Waals surface area contributed by atoms with Gasteiger partial charge in [-0.2, -0.15) is 5.10 Å². The van der Waals surface area contributed by atoms with E-state index >= 15 is 0 Å². The average molecular weight is 414 g/mol. The molecule has 0 saturated carbocycles. The summed E-state index contributed by atoms with van der Waals surface area (Å²) in [7, 11) is 0. The highest BCUT2D eigenvalue weighted by Gasteiger charge is 2.32. The highest BCUT2D eigenvalue weighted by Crippen LogP contribution is 2.39. The molecule has 1 atom stereocenters. The van der Waals surface area contributed by atoms with E-state index < -0.39 is 17.7 Å². The number of hydrogen-bond donors (Lipinski definition) is 3. The number of halogens is 2. The number of nitrogens with zero attached hydrogens (tertiary/aromatic N) is 4. The normalized spacial score (nSPS) is 19.4. The van der Waals surface area contributed by atoms with E-state index in [0.717, 1.165) is 18.6 Å². The number of amides is 2. The summed E-state index contributed by atoms with van der Waals surface area (Å²) >= 11 is 0. The summed E-state index contributed by atoms with van der Waals surface area (Å²) in [6.45, 7) is 1.24. The molecule has 0 bridgehead atoms. The van der Waals surface area contributed by atoms with Gasteiger partial charge in [-0.15, -0.1) is 0 Å². The molecular weight excluding hydrogens is 394 g/mol. The van der Waals surface area contributed by atoms with Crippen molar-refractivity contribution in [2.45, 2.75) is 25.0 Å². The van der Waals surface area contributed by atoms with Crippen molar-refractivity contribution in [3.8, 4) is 0 Å². The first-order valence-electron chi connectivity index (χ1n) is 9.79. The van der Waals surface area contributed by atoms with Gasteiger partial charge in [0, 0.05) is 12.1 Å². The Bertz CT molecular complexity index is 1110. The number of urea groups is 1. The summed E-state index contributed by atoms with van der Waals surface area (Å²) in [5.74, 6) is -0.344. The molecule has 2 amide bonds. The van der Waals surface area contributed by atoms with E-state index in [4.69, 9.17) is 0 Å². The van der Waals surface area contributed by atoms with Gasteiger partial charge < -0.3 is 20.2 Å². The Kier molecular flexibility index (Phi) is 4.50. The number of carbonyl (C=O) groups excluding carboxylic acids is 1. The van der Waals surface area contributed by atoms with Gasteiger partial charge in [0.15, 0.2) is 11.5 Å². The molecule has 3 aromatic rings. The fourth-order valence-electron chi connectivity index (χ4n) is 4.11. The van der Waals surface area contributed by atoms with Crippen LogP contribution < -0.4 is 10.2 Å². The fourth-order valence-corrected chi connectivity index (χ4v) is 4.11. The van der Waals surface area contributed by atoms with Crippen molar-refractivity contribution in [2.75, 3.05) is 29.9 Å². The third-order valence-electron chi connectivity index (χ3n) is 5.64. The average Bonchev–Trinajstić information content (AvgIpc) is 3.33. The summed E-state index contributed by atoms with van der Waals surface area (Å²) in [5, 5.41) is 20.0. The van der Waals surface area contributed by atoms with E-state index in [0.29, 0.717) is 54.2 Å². The van der Waals surface area contributed by atoms with Gasteiger partial charge >= 0.3 is 6.03 Å². The summed E-state index contributed by atoms with van der Waals surface area (Å²) in [5.41, 5.74) is 1.33. The van der Waals surface area contributed by atoms with Crippen molar-refractivity contribution in [1.29, 1.82) is 0 Å². The van der Waals surface area contributed by atoms with E-state index in [9.17, 15) is 18.7 Å². The van der Waals surface area contributed by atoms with Crippen molar-refractivity contribution in [3.05, 3.63) is 47.7 Å². The number of fused-ring (bicyclic) bond motifs is 1. The molecule has 2 aliphatic heterocycles. The van der Waals surface area contributed by atoms with Crippen LogP contribution in [0.5, 0.6) is 0 Å². The Balaban J connectivity index is 1.45. The predicted molar refractivity (Wildman–Crippen MR) is 106 cm³/mol. The lowest BCUT2D eigenvalue weighted by molar-refractivity contribution is 0.0309. The molecule has 4 heterocycles. The van der Waals surface area contributed by atoms with Crippen LogP contribution in [0.1, 0.15) is 24.4 Å². The van der Waals surface area contributed by atoms with Crippen LogP contribution in [0.15, 0.2) is 30.5 Å². The topological polar surface area (TPSA) is 97.4 Å². The SMILES string of the molecule is O=C(Nc1cnc2[nH]nc(N3CCC[C@@H]3c3cc(F)ccc3F)c2c1)N1CC(O)C1. The van der Waals surface area contributed by atoms with Crippen LogP contribution in [0, 0.1) is 11.6 Å². The number of aromatic nitrogens is 3. The number of aliphatic hydroxyl groups excluding tert-OH is 1. The van der Waals surface area contributed by atoms with E-state index in [2.05, 4.69) is 20.5 Å². The molecule has 2 aromatic heterocycles. The number of rotatable bonds is 3. The van der Waals surface area contributed by atoms with E-state index in [1.807, 2.05) is 4.90 Å². The zero-order chi connectivity index (χ0) is 20.8. The Morgan fingerprint density at radius 1 is 1.27 bits per heavy atom. The number of aromatic amines is 1. The molecular formula is C20H20F2N6O2. The first kappa shape index (κ1) is 18.7. The molecule has 5 rings (SSSR count). The van der Waals surface area contributed by atoms with Crippen LogP contribution in [0.2, 0.25) is 0 Å². The number of aliphatic hydroxyl groups is 1. The molecule has 2 fully saturated rings. The Morgan fingerprint density at radius 2 is 2.10 bits per heavy atom. The van der Waals surface area contributed by atoms with Gasteiger partial charge in [-0.25, -0.2) is 18.6 Å². The van der Waals surface area contributed by atoms with Gasteiger partial charge in [0.2, 0.25) is 0 Å². The lowest BCUT2D eigenvalue weighted by atomic mass is 10.0. The van der Waals surface area contributed by atoms with Crippen LogP contribution >= 0.6 is 0 Å². The highest BCUT2D eigenvalue weighted by molar-refractivity contribution is 5.95. The standard InChI is InChI=1S/C20H20F2N6O2/c21-11-3-4-16(22)14(6-11)17-2-1-5-28(17)19-15-7-12(8-23-18(15)25-26-19)24-20(30)27-9-13(29)10-27/h3-4,6-8,13,17,29H,1-2,5,9-10H2,(H,24,30)(H,23,25,26)/t17-/m1/s1.